The number of thiazole rings is 1. The number of ether oxygens (including phenoxy) is 1. The third-order valence-electron chi connectivity index (χ3n) is 4.17. The van der Waals surface area contributed by atoms with Crippen molar-refractivity contribution in [3.8, 4) is 10.4 Å². The summed E-state index contributed by atoms with van der Waals surface area (Å²) < 4.78 is 5.84. The Bertz CT molecular complexity index is 681. The lowest BCUT2D eigenvalue weighted by molar-refractivity contribution is -0.0155. The summed E-state index contributed by atoms with van der Waals surface area (Å²) in [5.74, 6) is 0. The normalized spacial score (nSPS) is 20.4. The van der Waals surface area contributed by atoms with Gasteiger partial charge in [-0.05, 0) is 57.2 Å². The molecule has 6 nitrogen and oxygen atoms in total. The number of pyridine rings is 1. The maximum Gasteiger partial charge on any atom is 0.321 e. The summed E-state index contributed by atoms with van der Waals surface area (Å²) in [6, 6.07) is 3.86. The Labute approximate surface area is 152 Å². The number of carbonyl (C=O) groups excluding carboxylic acids is 1. The van der Waals surface area contributed by atoms with Crippen LogP contribution in [-0.2, 0) is 4.74 Å². The number of anilines is 1. The second-order valence-corrected chi connectivity index (χ2v) is 7.55. The molecule has 0 aliphatic heterocycles. The summed E-state index contributed by atoms with van der Waals surface area (Å²) in [5, 5.41) is 6.47. The third kappa shape index (κ3) is 5.24. The standard InChI is InChI=1S/C18H24N4O2S/c1-12(2)24-15-5-3-14(4-6-15)21-17(23)22-18-20-11-16(25-18)13-7-9-19-10-8-13/h7-12,14-15H,3-6H2,1-2H3,(H2,20,21,22,23)/t14-,15-. The van der Waals surface area contributed by atoms with Gasteiger partial charge in [0.05, 0.1) is 17.1 Å². The second-order valence-electron chi connectivity index (χ2n) is 6.52. The predicted octanol–water partition coefficient (Wildman–Crippen LogP) is 4.06. The smallest absolute Gasteiger partial charge is 0.321 e. The highest BCUT2D eigenvalue weighted by molar-refractivity contribution is 7.19. The summed E-state index contributed by atoms with van der Waals surface area (Å²) in [4.78, 5) is 21.5. The van der Waals surface area contributed by atoms with E-state index >= 15 is 0 Å². The van der Waals surface area contributed by atoms with E-state index in [0.717, 1.165) is 36.1 Å². The first-order valence-corrected chi connectivity index (χ1v) is 9.51. The first kappa shape index (κ1) is 17.8. The van der Waals surface area contributed by atoms with E-state index in [9.17, 15) is 4.79 Å². The Balaban J connectivity index is 1.47. The molecule has 1 aliphatic rings. The fourth-order valence-electron chi connectivity index (χ4n) is 3.03. The quantitative estimate of drug-likeness (QED) is 0.843. The monoisotopic (exact) mass is 360 g/mol. The summed E-state index contributed by atoms with van der Waals surface area (Å²) in [6.45, 7) is 4.12. The van der Waals surface area contributed by atoms with Gasteiger partial charge < -0.3 is 10.1 Å². The molecule has 0 aromatic carbocycles. The van der Waals surface area contributed by atoms with Crippen molar-refractivity contribution < 1.29 is 9.53 Å². The van der Waals surface area contributed by atoms with Crippen molar-refractivity contribution in [2.45, 2.75) is 57.8 Å². The average molecular weight is 360 g/mol. The molecule has 0 bridgehead atoms. The van der Waals surface area contributed by atoms with Crippen molar-refractivity contribution in [2.24, 2.45) is 0 Å². The zero-order valence-corrected chi connectivity index (χ0v) is 15.4. The maximum absolute atomic E-state index is 12.2. The first-order chi connectivity index (χ1) is 12.1. The van der Waals surface area contributed by atoms with Gasteiger partial charge in [-0.3, -0.25) is 10.3 Å². The molecule has 2 aromatic heterocycles. The van der Waals surface area contributed by atoms with Gasteiger partial charge in [-0.25, -0.2) is 9.78 Å². The molecule has 1 saturated carbocycles. The number of amides is 2. The van der Waals surface area contributed by atoms with E-state index in [2.05, 4.69) is 34.4 Å². The van der Waals surface area contributed by atoms with Gasteiger partial charge in [0.15, 0.2) is 5.13 Å². The van der Waals surface area contributed by atoms with Crippen molar-refractivity contribution >= 4 is 22.5 Å². The van der Waals surface area contributed by atoms with E-state index in [4.69, 9.17) is 4.74 Å². The number of hydrogen-bond acceptors (Lipinski definition) is 5. The number of hydrogen-bond donors (Lipinski definition) is 2. The number of carbonyl (C=O) groups is 1. The topological polar surface area (TPSA) is 76.1 Å². The fraction of sp³-hybridized carbons (Fsp3) is 0.500. The molecule has 2 heterocycles. The summed E-state index contributed by atoms with van der Waals surface area (Å²) in [7, 11) is 0. The molecule has 0 atom stereocenters. The summed E-state index contributed by atoms with van der Waals surface area (Å²) in [5.41, 5.74) is 1.05. The molecule has 2 N–H and O–H groups in total. The van der Waals surface area contributed by atoms with Crippen LogP contribution in [-0.4, -0.2) is 34.2 Å². The second kappa shape index (κ2) is 8.40. The van der Waals surface area contributed by atoms with Crippen LogP contribution in [0, 0.1) is 0 Å². The minimum absolute atomic E-state index is 0.191. The lowest BCUT2D eigenvalue weighted by Gasteiger charge is -2.30. The third-order valence-corrected chi connectivity index (χ3v) is 5.13. The number of rotatable bonds is 5. The van der Waals surface area contributed by atoms with Gasteiger partial charge in [0, 0.05) is 24.6 Å². The highest BCUT2D eigenvalue weighted by atomic mass is 32.1. The van der Waals surface area contributed by atoms with E-state index in [-0.39, 0.29) is 18.2 Å². The number of aromatic nitrogens is 2. The van der Waals surface area contributed by atoms with Crippen molar-refractivity contribution in [3.05, 3.63) is 30.7 Å². The van der Waals surface area contributed by atoms with Crippen molar-refractivity contribution in [1.82, 2.24) is 15.3 Å². The Morgan fingerprint density at radius 2 is 1.96 bits per heavy atom. The van der Waals surface area contributed by atoms with E-state index < -0.39 is 0 Å². The first-order valence-electron chi connectivity index (χ1n) is 8.69. The Kier molecular flexibility index (Phi) is 5.99. The van der Waals surface area contributed by atoms with Crippen LogP contribution in [0.15, 0.2) is 30.7 Å². The van der Waals surface area contributed by atoms with Crippen LogP contribution in [0.5, 0.6) is 0 Å². The van der Waals surface area contributed by atoms with Gasteiger partial charge in [0.1, 0.15) is 0 Å². The van der Waals surface area contributed by atoms with Crippen LogP contribution < -0.4 is 10.6 Å². The number of urea groups is 1. The minimum atomic E-state index is -0.191. The van der Waals surface area contributed by atoms with Crippen LogP contribution in [0.3, 0.4) is 0 Å². The molecule has 1 aliphatic carbocycles. The van der Waals surface area contributed by atoms with Crippen LogP contribution in [0.2, 0.25) is 0 Å². The van der Waals surface area contributed by atoms with Gasteiger partial charge in [0.2, 0.25) is 0 Å². The molecule has 2 amide bonds. The van der Waals surface area contributed by atoms with E-state index in [1.807, 2.05) is 12.1 Å². The molecule has 0 radical (unpaired) electrons. The van der Waals surface area contributed by atoms with Gasteiger partial charge >= 0.3 is 6.03 Å². The summed E-state index contributed by atoms with van der Waals surface area (Å²) in [6.07, 6.45) is 9.72. The Morgan fingerprint density at radius 3 is 2.64 bits per heavy atom. The highest BCUT2D eigenvalue weighted by Gasteiger charge is 2.23. The summed E-state index contributed by atoms with van der Waals surface area (Å²) >= 11 is 1.45. The predicted molar refractivity (Wildman–Crippen MR) is 99.8 cm³/mol. The van der Waals surface area contributed by atoms with Gasteiger partial charge in [0.25, 0.3) is 0 Å². The molecular formula is C18H24N4O2S. The Morgan fingerprint density at radius 1 is 1.24 bits per heavy atom. The molecular weight excluding hydrogens is 336 g/mol. The SMILES string of the molecule is CC(C)O[C@H]1CC[C@H](NC(=O)Nc2ncc(-c3ccncc3)s2)CC1. The van der Waals surface area contributed by atoms with Gasteiger partial charge in [-0.2, -0.15) is 0 Å². The van der Waals surface area contributed by atoms with Crippen LogP contribution >= 0.6 is 11.3 Å². The lowest BCUT2D eigenvalue weighted by atomic mass is 9.93. The van der Waals surface area contributed by atoms with E-state index in [0.29, 0.717) is 11.2 Å². The molecule has 2 aromatic rings. The number of nitrogens with zero attached hydrogens (tertiary/aromatic N) is 2. The van der Waals surface area contributed by atoms with Crippen molar-refractivity contribution in [1.29, 1.82) is 0 Å². The molecule has 3 rings (SSSR count). The molecule has 0 saturated heterocycles. The van der Waals surface area contributed by atoms with Crippen LogP contribution in [0.25, 0.3) is 10.4 Å². The highest BCUT2D eigenvalue weighted by Crippen LogP contribution is 2.28. The van der Waals surface area contributed by atoms with Crippen molar-refractivity contribution in [2.75, 3.05) is 5.32 Å². The van der Waals surface area contributed by atoms with Crippen LogP contribution in [0.1, 0.15) is 39.5 Å². The van der Waals surface area contributed by atoms with Gasteiger partial charge in [-0.15, -0.1) is 0 Å². The molecule has 25 heavy (non-hydrogen) atoms. The number of nitrogens with one attached hydrogen (secondary N) is 2. The molecule has 0 unspecified atom stereocenters. The maximum atomic E-state index is 12.2. The molecule has 1 fully saturated rings. The molecule has 0 spiro atoms. The van der Waals surface area contributed by atoms with Gasteiger partial charge in [-0.1, -0.05) is 11.3 Å². The largest absolute Gasteiger partial charge is 0.376 e. The average Bonchev–Trinajstić information content (AvgIpc) is 3.05. The Hall–Kier alpha value is -1.99. The van der Waals surface area contributed by atoms with Crippen LogP contribution in [0.4, 0.5) is 9.93 Å². The van der Waals surface area contributed by atoms with E-state index in [1.165, 1.54) is 11.3 Å². The van der Waals surface area contributed by atoms with Crippen molar-refractivity contribution in [3.63, 3.8) is 0 Å². The lowest BCUT2D eigenvalue weighted by Crippen LogP contribution is -2.41. The fourth-order valence-corrected chi connectivity index (χ4v) is 3.85. The zero-order valence-electron chi connectivity index (χ0n) is 14.6. The molecule has 134 valence electrons. The minimum Gasteiger partial charge on any atom is -0.376 e. The van der Waals surface area contributed by atoms with E-state index in [1.54, 1.807) is 18.6 Å². The zero-order chi connectivity index (χ0) is 17.6. The molecule has 7 heteroatoms.